The Balaban J connectivity index is 0. The summed E-state index contributed by atoms with van der Waals surface area (Å²) in [5.74, 6) is -0.417. The molecule has 8 heteroatoms. The summed E-state index contributed by atoms with van der Waals surface area (Å²) in [4.78, 5) is 17.1. The molecule has 3 N–H and O–H groups in total. The first-order chi connectivity index (χ1) is 8.59. The molecule has 1 saturated heterocycles. The van der Waals surface area contributed by atoms with Crippen molar-refractivity contribution in [2.45, 2.75) is 32.2 Å². The SMILES string of the molecule is C.Cl.Cl.NC(C(=O)N1CC[C@@H](F)C1)C(O)c1ccncc1. The van der Waals surface area contributed by atoms with Crippen LogP contribution in [0.25, 0.3) is 0 Å². The first-order valence-electron chi connectivity index (χ1n) is 5.86. The number of hydrogen-bond donors (Lipinski definition) is 2. The number of aliphatic hydroxyl groups excluding tert-OH is 1. The van der Waals surface area contributed by atoms with Crippen molar-refractivity contribution in [2.75, 3.05) is 13.1 Å². The van der Waals surface area contributed by atoms with Crippen LogP contribution < -0.4 is 5.73 Å². The molecule has 122 valence electrons. The van der Waals surface area contributed by atoms with Gasteiger partial charge in [0.2, 0.25) is 5.91 Å². The number of rotatable bonds is 3. The zero-order valence-electron chi connectivity index (χ0n) is 10.7. The number of hydrogen-bond acceptors (Lipinski definition) is 4. The first kappa shape index (κ1) is 22.3. The summed E-state index contributed by atoms with van der Waals surface area (Å²) in [5, 5.41) is 9.99. The lowest BCUT2D eigenvalue weighted by Gasteiger charge is -2.23. The quantitative estimate of drug-likeness (QED) is 0.872. The minimum atomic E-state index is -1.10. The number of amides is 1. The second-order valence-corrected chi connectivity index (χ2v) is 4.42. The zero-order chi connectivity index (χ0) is 13.1. The van der Waals surface area contributed by atoms with Crippen molar-refractivity contribution < 1.29 is 14.3 Å². The van der Waals surface area contributed by atoms with E-state index in [0.29, 0.717) is 18.5 Å². The molecule has 0 radical (unpaired) electrons. The Morgan fingerprint density at radius 2 is 2.00 bits per heavy atom. The molecule has 5 nitrogen and oxygen atoms in total. The number of carbonyl (C=O) groups excluding carboxylic acids is 1. The molecule has 1 aromatic rings. The number of nitrogens with zero attached hydrogens (tertiary/aromatic N) is 2. The number of nitrogens with two attached hydrogens (primary N) is 1. The molecule has 1 aliphatic heterocycles. The molecule has 1 aromatic heterocycles. The van der Waals surface area contributed by atoms with Gasteiger partial charge in [-0.2, -0.15) is 0 Å². The molecule has 0 saturated carbocycles. The zero-order valence-corrected chi connectivity index (χ0v) is 12.3. The first-order valence-corrected chi connectivity index (χ1v) is 5.86. The fraction of sp³-hybridized carbons (Fsp3) is 0.538. The Labute approximate surface area is 136 Å². The van der Waals surface area contributed by atoms with Gasteiger partial charge in [-0.15, -0.1) is 24.8 Å². The lowest BCUT2D eigenvalue weighted by molar-refractivity contribution is -0.134. The maximum atomic E-state index is 13.0. The highest BCUT2D eigenvalue weighted by atomic mass is 35.5. The number of halogens is 3. The topological polar surface area (TPSA) is 79.5 Å². The Bertz CT molecular complexity index is 425. The fourth-order valence-corrected chi connectivity index (χ4v) is 2.03. The van der Waals surface area contributed by atoms with E-state index in [1.54, 1.807) is 12.1 Å². The van der Waals surface area contributed by atoms with Crippen LogP contribution in [-0.4, -0.2) is 46.2 Å². The van der Waals surface area contributed by atoms with E-state index in [0.717, 1.165) is 0 Å². The van der Waals surface area contributed by atoms with Gasteiger partial charge in [-0.05, 0) is 24.1 Å². The standard InChI is InChI=1S/C12H16FN3O2.CH4.2ClH/c13-9-3-6-16(7-9)12(18)10(14)11(17)8-1-4-15-5-2-8;;;/h1-2,4-5,9-11,17H,3,6-7,14H2;1H4;2*1H/t9-,10?,11?;;;/m1.../s1. The molecule has 1 aliphatic rings. The third kappa shape index (κ3) is 5.39. The number of carbonyl (C=O) groups is 1. The number of alkyl halides is 1. The lowest BCUT2D eigenvalue weighted by atomic mass is 10.0. The second kappa shape index (κ2) is 9.89. The smallest absolute Gasteiger partial charge is 0.242 e. The van der Waals surface area contributed by atoms with Crippen molar-refractivity contribution in [3.8, 4) is 0 Å². The highest BCUT2D eigenvalue weighted by Gasteiger charge is 2.32. The van der Waals surface area contributed by atoms with Gasteiger partial charge in [0.15, 0.2) is 0 Å². The predicted molar refractivity (Wildman–Crippen MR) is 84.5 cm³/mol. The summed E-state index contributed by atoms with van der Waals surface area (Å²) in [5.41, 5.74) is 6.26. The molecular weight excluding hydrogens is 320 g/mol. The van der Waals surface area contributed by atoms with Crippen LogP contribution in [0.2, 0.25) is 0 Å². The average Bonchev–Trinajstić information content (AvgIpc) is 2.84. The maximum absolute atomic E-state index is 13.0. The van der Waals surface area contributed by atoms with Crippen LogP contribution in [0.3, 0.4) is 0 Å². The van der Waals surface area contributed by atoms with Crippen molar-refractivity contribution >= 4 is 30.7 Å². The van der Waals surface area contributed by atoms with Gasteiger partial charge in [0.05, 0.1) is 6.54 Å². The van der Waals surface area contributed by atoms with Crippen LogP contribution in [0.4, 0.5) is 4.39 Å². The van der Waals surface area contributed by atoms with Gasteiger partial charge < -0.3 is 15.7 Å². The molecule has 0 aromatic carbocycles. The Hall–Kier alpha value is -0.950. The summed E-state index contributed by atoms with van der Waals surface area (Å²) in [6.45, 7) is 0.423. The Morgan fingerprint density at radius 3 is 2.48 bits per heavy atom. The van der Waals surface area contributed by atoms with Gasteiger partial charge in [0, 0.05) is 18.9 Å². The largest absolute Gasteiger partial charge is 0.386 e. The van der Waals surface area contributed by atoms with Crippen molar-refractivity contribution in [1.82, 2.24) is 9.88 Å². The summed E-state index contributed by atoms with van der Waals surface area (Å²) < 4.78 is 13.0. The Kier molecular flexibility index (Phi) is 10.5. The number of likely N-dealkylation sites (tertiary alicyclic amines) is 1. The summed E-state index contributed by atoms with van der Waals surface area (Å²) in [6.07, 6.45) is 1.29. The summed E-state index contributed by atoms with van der Waals surface area (Å²) >= 11 is 0. The molecule has 2 rings (SSSR count). The highest BCUT2D eigenvalue weighted by Crippen LogP contribution is 2.19. The monoisotopic (exact) mass is 341 g/mol. The molecule has 0 spiro atoms. The van der Waals surface area contributed by atoms with Crippen LogP contribution in [0.1, 0.15) is 25.5 Å². The molecular formula is C13H22Cl2FN3O2. The van der Waals surface area contributed by atoms with Crippen LogP contribution >= 0.6 is 24.8 Å². The van der Waals surface area contributed by atoms with Crippen molar-refractivity contribution in [2.24, 2.45) is 5.73 Å². The molecule has 2 heterocycles. The summed E-state index contributed by atoms with van der Waals surface area (Å²) in [7, 11) is 0. The van der Waals surface area contributed by atoms with Gasteiger partial charge in [-0.3, -0.25) is 9.78 Å². The Morgan fingerprint density at radius 1 is 1.43 bits per heavy atom. The van der Waals surface area contributed by atoms with E-state index in [-0.39, 0.29) is 38.8 Å². The molecule has 1 amide bonds. The van der Waals surface area contributed by atoms with Gasteiger partial charge in [-0.25, -0.2) is 4.39 Å². The molecule has 0 aliphatic carbocycles. The normalized spacial score (nSPS) is 19.6. The van der Waals surface area contributed by atoms with Crippen LogP contribution in [0.5, 0.6) is 0 Å². The van der Waals surface area contributed by atoms with E-state index < -0.39 is 24.2 Å². The van der Waals surface area contributed by atoms with E-state index in [2.05, 4.69) is 4.98 Å². The maximum Gasteiger partial charge on any atom is 0.242 e. The van der Waals surface area contributed by atoms with Crippen molar-refractivity contribution in [1.29, 1.82) is 0 Å². The number of aromatic nitrogens is 1. The fourth-order valence-electron chi connectivity index (χ4n) is 2.03. The van der Waals surface area contributed by atoms with E-state index in [1.807, 2.05) is 0 Å². The summed E-state index contributed by atoms with van der Waals surface area (Å²) in [6, 6.07) is 2.12. The molecule has 3 atom stereocenters. The molecule has 1 fully saturated rings. The number of aliphatic hydroxyl groups is 1. The minimum Gasteiger partial charge on any atom is -0.386 e. The van der Waals surface area contributed by atoms with Crippen LogP contribution in [0, 0.1) is 0 Å². The van der Waals surface area contributed by atoms with E-state index >= 15 is 0 Å². The third-order valence-electron chi connectivity index (χ3n) is 3.12. The van der Waals surface area contributed by atoms with Crippen LogP contribution in [-0.2, 0) is 4.79 Å². The molecule has 2 unspecified atom stereocenters. The van der Waals surface area contributed by atoms with E-state index in [1.165, 1.54) is 17.3 Å². The second-order valence-electron chi connectivity index (χ2n) is 4.42. The van der Waals surface area contributed by atoms with Gasteiger partial charge >= 0.3 is 0 Å². The van der Waals surface area contributed by atoms with Crippen LogP contribution in [0.15, 0.2) is 24.5 Å². The average molecular weight is 342 g/mol. The molecule has 0 bridgehead atoms. The van der Waals surface area contributed by atoms with E-state index in [9.17, 15) is 14.3 Å². The van der Waals surface area contributed by atoms with Gasteiger partial charge in [-0.1, -0.05) is 7.43 Å². The highest BCUT2D eigenvalue weighted by molar-refractivity contribution is 5.85. The van der Waals surface area contributed by atoms with Gasteiger partial charge in [0.25, 0.3) is 0 Å². The van der Waals surface area contributed by atoms with E-state index in [4.69, 9.17) is 5.73 Å². The predicted octanol–water partition coefficient (Wildman–Crippen LogP) is 1.49. The van der Waals surface area contributed by atoms with Crippen molar-refractivity contribution in [3.63, 3.8) is 0 Å². The minimum absolute atomic E-state index is 0. The van der Waals surface area contributed by atoms with Gasteiger partial charge in [0.1, 0.15) is 18.3 Å². The number of pyridine rings is 1. The molecule has 21 heavy (non-hydrogen) atoms. The lowest BCUT2D eigenvalue weighted by Crippen LogP contribution is -2.46. The third-order valence-corrected chi connectivity index (χ3v) is 3.12. The van der Waals surface area contributed by atoms with Crippen molar-refractivity contribution in [3.05, 3.63) is 30.1 Å².